The molecule has 2 fully saturated rings. The third-order valence-corrected chi connectivity index (χ3v) is 7.04. The van der Waals surface area contributed by atoms with Gasteiger partial charge in [-0.3, -0.25) is 9.59 Å². The van der Waals surface area contributed by atoms with Crippen molar-refractivity contribution in [1.82, 2.24) is 0 Å². The monoisotopic (exact) mass is 342 g/mol. The number of carboxylic acids is 2. The van der Waals surface area contributed by atoms with E-state index in [9.17, 15) is 14.7 Å². The Morgan fingerprint density at radius 2 is 1.35 bits per heavy atom. The second kappa shape index (κ2) is 8.95. The van der Waals surface area contributed by atoms with Crippen LogP contribution in [-0.4, -0.2) is 33.7 Å². The van der Waals surface area contributed by atoms with E-state index in [0.717, 1.165) is 51.4 Å². The molecule has 0 unspecified atom stereocenters. The van der Waals surface area contributed by atoms with Gasteiger partial charge in [0.2, 0.25) is 0 Å². The SMILES string of the molecule is O=C(O)CCSCC(C(=O)O)(C1CCCCC1)C1CCCCC1. The Morgan fingerprint density at radius 1 is 0.870 bits per heavy atom. The van der Waals surface area contributed by atoms with Gasteiger partial charge in [-0.25, -0.2) is 0 Å². The van der Waals surface area contributed by atoms with Crippen LogP contribution in [0.5, 0.6) is 0 Å². The summed E-state index contributed by atoms with van der Waals surface area (Å²) in [5.41, 5.74) is -0.635. The standard InChI is InChI=1S/C18H30O4S/c19-16(20)11-12-23-13-18(17(21)22,14-7-3-1-4-8-14)15-9-5-2-6-10-15/h14-15H,1-13H2,(H,19,20)(H,21,22). The maximum absolute atomic E-state index is 12.4. The molecule has 2 saturated carbocycles. The van der Waals surface area contributed by atoms with Crippen LogP contribution in [0.3, 0.4) is 0 Å². The fourth-order valence-corrected chi connectivity index (χ4v) is 6.01. The lowest BCUT2D eigenvalue weighted by atomic mass is 9.59. The van der Waals surface area contributed by atoms with E-state index in [2.05, 4.69) is 0 Å². The van der Waals surface area contributed by atoms with Gasteiger partial charge in [0.05, 0.1) is 11.8 Å². The quantitative estimate of drug-likeness (QED) is 0.638. The molecule has 0 aromatic heterocycles. The number of carboxylic acid groups (broad SMARTS) is 2. The Kier molecular flexibility index (Phi) is 7.25. The van der Waals surface area contributed by atoms with E-state index in [-0.39, 0.29) is 18.3 Å². The van der Waals surface area contributed by atoms with Crippen molar-refractivity contribution in [2.24, 2.45) is 17.3 Å². The fraction of sp³-hybridized carbons (Fsp3) is 0.889. The number of rotatable bonds is 8. The molecule has 0 bridgehead atoms. The zero-order valence-corrected chi connectivity index (χ0v) is 14.8. The first-order valence-electron chi connectivity index (χ1n) is 9.10. The third kappa shape index (κ3) is 4.65. The molecule has 132 valence electrons. The Bertz CT molecular complexity index is 380. The van der Waals surface area contributed by atoms with Gasteiger partial charge in [0.25, 0.3) is 0 Å². The van der Waals surface area contributed by atoms with Crippen molar-refractivity contribution in [1.29, 1.82) is 0 Å². The highest BCUT2D eigenvalue weighted by atomic mass is 32.2. The molecular formula is C18H30O4S. The van der Waals surface area contributed by atoms with Crippen LogP contribution in [0, 0.1) is 17.3 Å². The summed E-state index contributed by atoms with van der Waals surface area (Å²) in [5.74, 6) is 0.227. The largest absolute Gasteiger partial charge is 0.481 e. The van der Waals surface area contributed by atoms with Crippen molar-refractivity contribution in [3.05, 3.63) is 0 Å². The van der Waals surface area contributed by atoms with Gasteiger partial charge in [-0.2, -0.15) is 11.8 Å². The van der Waals surface area contributed by atoms with Crippen molar-refractivity contribution >= 4 is 23.7 Å². The minimum Gasteiger partial charge on any atom is -0.481 e. The van der Waals surface area contributed by atoms with Gasteiger partial charge >= 0.3 is 11.9 Å². The van der Waals surface area contributed by atoms with Crippen LogP contribution in [0.2, 0.25) is 0 Å². The van der Waals surface area contributed by atoms with Crippen LogP contribution in [0.4, 0.5) is 0 Å². The van der Waals surface area contributed by atoms with Crippen LogP contribution < -0.4 is 0 Å². The number of carbonyl (C=O) groups is 2. The topological polar surface area (TPSA) is 74.6 Å². The highest BCUT2D eigenvalue weighted by Gasteiger charge is 2.51. The Labute approximate surface area is 143 Å². The highest BCUT2D eigenvalue weighted by Crippen LogP contribution is 2.50. The fourth-order valence-electron chi connectivity index (χ4n) is 4.62. The lowest BCUT2D eigenvalue weighted by Crippen LogP contribution is -2.48. The van der Waals surface area contributed by atoms with Crippen molar-refractivity contribution < 1.29 is 19.8 Å². The maximum atomic E-state index is 12.4. The van der Waals surface area contributed by atoms with E-state index < -0.39 is 17.4 Å². The molecule has 0 aliphatic heterocycles. The highest BCUT2D eigenvalue weighted by molar-refractivity contribution is 7.99. The average Bonchev–Trinajstić information content (AvgIpc) is 2.56. The van der Waals surface area contributed by atoms with Gasteiger partial charge in [0.15, 0.2) is 0 Å². The molecule has 2 aliphatic carbocycles. The molecule has 0 atom stereocenters. The van der Waals surface area contributed by atoms with Crippen molar-refractivity contribution in [3.8, 4) is 0 Å². The van der Waals surface area contributed by atoms with Crippen molar-refractivity contribution in [3.63, 3.8) is 0 Å². The van der Waals surface area contributed by atoms with Crippen LogP contribution in [-0.2, 0) is 9.59 Å². The molecule has 0 heterocycles. The molecule has 0 amide bonds. The molecule has 2 N–H and O–H groups in total. The average molecular weight is 343 g/mol. The molecular weight excluding hydrogens is 312 g/mol. The van der Waals surface area contributed by atoms with Crippen LogP contribution in [0.1, 0.15) is 70.6 Å². The van der Waals surface area contributed by atoms with Crippen molar-refractivity contribution in [2.75, 3.05) is 11.5 Å². The zero-order valence-electron chi connectivity index (χ0n) is 14.0. The smallest absolute Gasteiger partial charge is 0.311 e. The Morgan fingerprint density at radius 3 is 1.74 bits per heavy atom. The normalized spacial score (nSPS) is 21.2. The summed E-state index contributed by atoms with van der Waals surface area (Å²) in [6.45, 7) is 0. The minimum atomic E-state index is -0.797. The number of thioether (sulfide) groups is 1. The molecule has 23 heavy (non-hydrogen) atoms. The summed E-state index contributed by atoms with van der Waals surface area (Å²) in [6.07, 6.45) is 11.3. The van der Waals surface area contributed by atoms with E-state index in [1.54, 1.807) is 11.8 Å². The van der Waals surface area contributed by atoms with E-state index in [0.29, 0.717) is 11.5 Å². The summed E-state index contributed by atoms with van der Waals surface area (Å²) in [6, 6.07) is 0. The van der Waals surface area contributed by atoms with E-state index in [1.165, 1.54) is 12.8 Å². The summed E-state index contributed by atoms with van der Waals surface area (Å²) >= 11 is 1.54. The zero-order chi connectivity index (χ0) is 16.7. The van der Waals surface area contributed by atoms with Crippen LogP contribution in [0.25, 0.3) is 0 Å². The molecule has 0 saturated heterocycles. The lowest BCUT2D eigenvalue weighted by Gasteiger charge is -2.46. The van der Waals surface area contributed by atoms with Gasteiger partial charge in [-0.05, 0) is 37.5 Å². The predicted octanol–water partition coefficient (Wildman–Crippen LogP) is 4.43. The lowest BCUT2D eigenvalue weighted by molar-refractivity contribution is -0.157. The van der Waals surface area contributed by atoms with Gasteiger partial charge in [-0.1, -0.05) is 38.5 Å². The summed E-state index contributed by atoms with van der Waals surface area (Å²) in [7, 11) is 0. The van der Waals surface area contributed by atoms with Gasteiger partial charge in [0.1, 0.15) is 0 Å². The summed E-state index contributed by atoms with van der Waals surface area (Å²) in [5, 5.41) is 19.0. The molecule has 2 aliphatic rings. The van der Waals surface area contributed by atoms with Crippen LogP contribution in [0.15, 0.2) is 0 Å². The Balaban J connectivity index is 2.14. The van der Waals surface area contributed by atoms with E-state index in [1.807, 2.05) is 0 Å². The van der Waals surface area contributed by atoms with Gasteiger partial charge in [0, 0.05) is 11.5 Å². The molecule has 0 aromatic carbocycles. The first kappa shape index (κ1) is 18.6. The number of hydrogen-bond donors (Lipinski definition) is 2. The van der Waals surface area contributed by atoms with Gasteiger partial charge in [-0.15, -0.1) is 0 Å². The second-order valence-electron chi connectivity index (χ2n) is 7.21. The summed E-state index contributed by atoms with van der Waals surface area (Å²) in [4.78, 5) is 23.1. The molecule has 5 heteroatoms. The maximum Gasteiger partial charge on any atom is 0.311 e. The molecule has 4 nitrogen and oxygen atoms in total. The molecule has 0 radical (unpaired) electrons. The first-order chi connectivity index (χ1) is 11.1. The van der Waals surface area contributed by atoms with E-state index >= 15 is 0 Å². The molecule has 0 aromatic rings. The van der Waals surface area contributed by atoms with Gasteiger partial charge < -0.3 is 10.2 Å². The third-order valence-electron chi connectivity index (χ3n) is 5.87. The number of aliphatic carboxylic acids is 2. The minimum absolute atomic E-state index is 0.121. The van der Waals surface area contributed by atoms with Crippen LogP contribution >= 0.6 is 11.8 Å². The van der Waals surface area contributed by atoms with Crippen molar-refractivity contribution in [2.45, 2.75) is 70.6 Å². The first-order valence-corrected chi connectivity index (χ1v) is 10.3. The predicted molar refractivity (Wildman–Crippen MR) is 92.8 cm³/mol. The molecule has 2 rings (SSSR count). The summed E-state index contributed by atoms with van der Waals surface area (Å²) < 4.78 is 0. The second-order valence-corrected chi connectivity index (χ2v) is 8.32. The van der Waals surface area contributed by atoms with E-state index in [4.69, 9.17) is 5.11 Å². The number of hydrogen-bond acceptors (Lipinski definition) is 3. The Hall–Kier alpha value is -0.710. The molecule has 0 spiro atoms.